The minimum atomic E-state index is -0.337. The van der Waals surface area contributed by atoms with Crippen LogP contribution in [0.2, 0.25) is 0 Å². The summed E-state index contributed by atoms with van der Waals surface area (Å²) in [6, 6.07) is 17.9. The average Bonchev–Trinajstić information content (AvgIpc) is 3.11. The first-order chi connectivity index (χ1) is 13.9. The SMILES string of the molecule is CN(C)c1ccc(C(=O)Nc2ccc3c(c2)CCN3c2ccc(N)cc2F)cc1. The molecule has 6 heteroatoms. The third kappa shape index (κ3) is 3.74. The Hall–Kier alpha value is -3.54. The van der Waals surface area contributed by atoms with E-state index in [1.165, 1.54) is 6.07 Å². The van der Waals surface area contributed by atoms with E-state index in [-0.39, 0.29) is 11.7 Å². The number of fused-ring (bicyclic) bond motifs is 1. The van der Waals surface area contributed by atoms with Gasteiger partial charge < -0.3 is 20.9 Å². The van der Waals surface area contributed by atoms with Gasteiger partial charge in [0.15, 0.2) is 0 Å². The van der Waals surface area contributed by atoms with Crippen molar-refractivity contribution >= 4 is 34.3 Å². The predicted octanol–water partition coefficient (Wildman–Crippen LogP) is 4.42. The standard InChI is InChI=1S/C23H23FN4O/c1-27(2)19-7-3-15(4-8-19)23(29)26-18-6-10-21-16(13-18)11-12-28(21)22-9-5-17(25)14-20(22)24/h3-10,13-14H,11-12,25H2,1-2H3,(H,26,29). The monoisotopic (exact) mass is 390 g/mol. The summed E-state index contributed by atoms with van der Waals surface area (Å²) >= 11 is 0. The molecule has 148 valence electrons. The molecule has 1 aliphatic rings. The molecular formula is C23H23FN4O. The molecule has 3 aromatic rings. The molecule has 1 amide bonds. The number of hydrogen-bond donors (Lipinski definition) is 2. The van der Waals surface area contributed by atoms with E-state index in [1.807, 2.05) is 66.4 Å². The molecule has 0 radical (unpaired) electrons. The van der Waals surface area contributed by atoms with Gasteiger partial charge in [-0.05, 0) is 72.6 Å². The second-order valence-electron chi connectivity index (χ2n) is 7.35. The Morgan fingerprint density at radius 1 is 1.03 bits per heavy atom. The number of anilines is 5. The van der Waals surface area contributed by atoms with Crippen LogP contribution < -0.4 is 20.9 Å². The number of carbonyl (C=O) groups is 1. The van der Waals surface area contributed by atoms with Gasteiger partial charge >= 0.3 is 0 Å². The van der Waals surface area contributed by atoms with E-state index in [0.717, 1.165) is 29.0 Å². The van der Waals surface area contributed by atoms with Gasteiger partial charge in [-0.1, -0.05) is 0 Å². The fourth-order valence-electron chi connectivity index (χ4n) is 3.59. The van der Waals surface area contributed by atoms with E-state index >= 15 is 0 Å². The maximum absolute atomic E-state index is 14.3. The molecule has 4 rings (SSSR count). The van der Waals surface area contributed by atoms with Gasteiger partial charge in [0.25, 0.3) is 5.91 Å². The molecule has 0 unspecified atom stereocenters. The summed E-state index contributed by atoms with van der Waals surface area (Å²) in [5.41, 5.74) is 11.0. The van der Waals surface area contributed by atoms with Crippen LogP contribution in [0.1, 0.15) is 15.9 Å². The number of amides is 1. The Labute approximate surface area is 169 Å². The van der Waals surface area contributed by atoms with E-state index < -0.39 is 0 Å². The van der Waals surface area contributed by atoms with Crippen LogP contribution in [0, 0.1) is 5.82 Å². The third-order valence-corrected chi connectivity index (χ3v) is 5.14. The largest absolute Gasteiger partial charge is 0.399 e. The molecule has 0 saturated heterocycles. The Balaban J connectivity index is 1.52. The number of rotatable bonds is 4. The second-order valence-corrected chi connectivity index (χ2v) is 7.35. The van der Waals surface area contributed by atoms with Gasteiger partial charge in [0, 0.05) is 49.0 Å². The number of carbonyl (C=O) groups excluding carboxylic acids is 1. The molecule has 3 N–H and O–H groups in total. The van der Waals surface area contributed by atoms with Gasteiger partial charge in [-0.25, -0.2) is 4.39 Å². The zero-order valence-corrected chi connectivity index (χ0v) is 16.4. The summed E-state index contributed by atoms with van der Waals surface area (Å²) in [5.74, 6) is -0.494. The summed E-state index contributed by atoms with van der Waals surface area (Å²) in [6.07, 6.45) is 0.778. The van der Waals surface area contributed by atoms with Crippen molar-refractivity contribution in [3.63, 3.8) is 0 Å². The van der Waals surface area contributed by atoms with Crippen molar-refractivity contribution in [1.29, 1.82) is 0 Å². The first-order valence-electron chi connectivity index (χ1n) is 9.46. The third-order valence-electron chi connectivity index (χ3n) is 5.14. The van der Waals surface area contributed by atoms with Crippen molar-refractivity contribution in [1.82, 2.24) is 0 Å². The average molecular weight is 390 g/mol. The topological polar surface area (TPSA) is 61.6 Å². The second kappa shape index (κ2) is 7.47. The Morgan fingerprint density at radius 3 is 2.45 bits per heavy atom. The van der Waals surface area contributed by atoms with Crippen LogP contribution >= 0.6 is 0 Å². The zero-order valence-electron chi connectivity index (χ0n) is 16.4. The van der Waals surface area contributed by atoms with Crippen LogP contribution in [0.4, 0.5) is 32.8 Å². The molecule has 0 atom stereocenters. The van der Waals surface area contributed by atoms with Crippen molar-refractivity contribution in [3.8, 4) is 0 Å². The van der Waals surface area contributed by atoms with E-state index in [4.69, 9.17) is 5.73 Å². The molecule has 1 aliphatic heterocycles. The van der Waals surface area contributed by atoms with Crippen molar-refractivity contribution in [2.75, 3.05) is 41.5 Å². The summed E-state index contributed by atoms with van der Waals surface area (Å²) in [7, 11) is 3.92. The molecule has 0 fully saturated rings. The van der Waals surface area contributed by atoms with Gasteiger partial charge in [0.05, 0.1) is 5.69 Å². The lowest BCUT2D eigenvalue weighted by molar-refractivity contribution is 0.102. The first-order valence-corrected chi connectivity index (χ1v) is 9.46. The molecular weight excluding hydrogens is 367 g/mol. The smallest absolute Gasteiger partial charge is 0.255 e. The van der Waals surface area contributed by atoms with Crippen LogP contribution in [0.5, 0.6) is 0 Å². The molecule has 0 aromatic heterocycles. The zero-order chi connectivity index (χ0) is 20.5. The van der Waals surface area contributed by atoms with Crippen molar-refractivity contribution in [2.45, 2.75) is 6.42 Å². The molecule has 0 saturated carbocycles. The molecule has 5 nitrogen and oxygen atoms in total. The fourth-order valence-corrected chi connectivity index (χ4v) is 3.59. The normalized spacial score (nSPS) is 12.6. The highest BCUT2D eigenvalue weighted by Gasteiger charge is 2.23. The number of nitrogens with two attached hydrogens (primary N) is 1. The van der Waals surface area contributed by atoms with Gasteiger partial charge in [-0.15, -0.1) is 0 Å². The van der Waals surface area contributed by atoms with Crippen LogP contribution in [-0.4, -0.2) is 26.5 Å². The number of nitrogens with one attached hydrogen (secondary N) is 1. The summed E-state index contributed by atoms with van der Waals surface area (Å²) in [5, 5.41) is 2.95. The number of nitrogens with zero attached hydrogens (tertiary/aromatic N) is 2. The maximum atomic E-state index is 14.3. The molecule has 0 spiro atoms. The van der Waals surface area contributed by atoms with Crippen LogP contribution in [0.15, 0.2) is 60.7 Å². The minimum absolute atomic E-state index is 0.158. The molecule has 3 aromatic carbocycles. The number of benzene rings is 3. The molecule has 29 heavy (non-hydrogen) atoms. The van der Waals surface area contributed by atoms with Gasteiger partial charge in [0.1, 0.15) is 5.82 Å². The fraction of sp³-hybridized carbons (Fsp3) is 0.174. The highest BCUT2D eigenvalue weighted by Crippen LogP contribution is 2.37. The Kier molecular flexibility index (Phi) is 4.84. The Morgan fingerprint density at radius 2 is 1.76 bits per heavy atom. The van der Waals surface area contributed by atoms with Crippen molar-refractivity contribution in [3.05, 3.63) is 77.6 Å². The van der Waals surface area contributed by atoms with Crippen molar-refractivity contribution in [2.24, 2.45) is 0 Å². The highest BCUT2D eigenvalue weighted by atomic mass is 19.1. The lowest BCUT2D eigenvalue weighted by Crippen LogP contribution is -2.15. The van der Waals surface area contributed by atoms with E-state index in [0.29, 0.717) is 23.5 Å². The molecule has 1 heterocycles. The first kappa shape index (κ1) is 18.8. The predicted molar refractivity (Wildman–Crippen MR) is 117 cm³/mol. The number of nitrogen functional groups attached to an aromatic ring is 1. The van der Waals surface area contributed by atoms with Crippen LogP contribution in [0.3, 0.4) is 0 Å². The van der Waals surface area contributed by atoms with Crippen LogP contribution in [-0.2, 0) is 6.42 Å². The summed E-state index contributed by atoms with van der Waals surface area (Å²) in [4.78, 5) is 16.5. The maximum Gasteiger partial charge on any atom is 0.255 e. The Bertz CT molecular complexity index is 1060. The summed E-state index contributed by atoms with van der Waals surface area (Å²) in [6.45, 7) is 0.680. The number of hydrogen-bond acceptors (Lipinski definition) is 4. The van der Waals surface area contributed by atoms with Crippen LogP contribution in [0.25, 0.3) is 0 Å². The highest BCUT2D eigenvalue weighted by molar-refractivity contribution is 6.04. The van der Waals surface area contributed by atoms with E-state index in [1.54, 1.807) is 12.1 Å². The van der Waals surface area contributed by atoms with Gasteiger partial charge in [-0.2, -0.15) is 0 Å². The lowest BCUT2D eigenvalue weighted by Gasteiger charge is -2.20. The van der Waals surface area contributed by atoms with Gasteiger partial charge in [-0.3, -0.25) is 4.79 Å². The summed E-state index contributed by atoms with van der Waals surface area (Å²) < 4.78 is 14.3. The quantitative estimate of drug-likeness (QED) is 0.648. The number of halogens is 1. The lowest BCUT2D eigenvalue weighted by atomic mass is 10.1. The minimum Gasteiger partial charge on any atom is -0.399 e. The molecule has 0 aliphatic carbocycles. The van der Waals surface area contributed by atoms with Gasteiger partial charge in [0.2, 0.25) is 0 Å². The van der Waals surface area contributed by atoms with E-state index in [9.17, 15) is 9.18 Å². The van der Waals surface area contributed by atoms with Crippen molar-refractivity contribution < 1.29 is 9.18 Å². The molecule has 0 bridgehead atoms. The van der Waals surface area contributed by atoms with E-state index in [2.05, 4.69) is 5.32 Å².